The van der Waals surface area contributed by atoms with Gasteiger partial charge in [0.05, 0.1) is 10.0 Å². The normalized spacial score (nSPS) is 11.9. The van der Waals surface area contributed by atoms with E-state index in [1.807, 2.05) is 19.9 Å². The van der Waals surface area contributed by atoms with Gasteiger partial charge in [0.25, 0.3) is 0 Å². The van der Waals surface area contributed by atoms with Gasteiger partial charge in [-0.05, 0) is 30.5 Å². The van der Waals surface area contributed by atoms with Gasteiger partial charge in [0.1, 0.15) is 6.04 Å². The third-order valence-electron chi connectivity index (χ3n) is 3.57. The summed E-state index contributed by atoms with van der Waals surface area (Å²) < 4.78 is 0. The lowest BCUT2D eigenvalue weighted by molar-refractivity contribution is -0.141. The first kappa shape index (κ1) is 19.8. The van der Waals surface area contributed by atoms with E-state index in [1.165, 1.54) is 0 Å². The molecule has 0 aliphatic rings. The molecular weight excluding hydrogens is 335 g/mol. The Morgan fingerprint density at radius 3 is 2.39 bits per heavy atom. The minimum absolute atomic E-state index is 0.0606. The minimum atomic E-state index is -0.483. The second kappa shape index (κ2) is 9.78. The fourth-order valence-electron chi connectivity index (χ4n) is 2.32. The molecule has 0 aromatic heterocycles. The standard InChI is InChI=1S/C17H24Cl2N2O2/c1-4-9-20-17(23)15(5-2)21(16(22)6-3)11-12-7-8-13(18)14(19)10-12/h7-8,10,15H,4-6,9,11H2,1-3H3,(H,20,23)/t15-/m1/s1. The summed E-state index contributed by atoms with van der Waals surface area (Å²) in [7, 11) is 0. The molecule has 1 aromatic rings. The molecule has 0 unspecified atom stereocenters. The van der Waals surface area contributed by atoms with E-state index in [4.69, 9.17) is 23.2 Å². The topological polar surface area (TPSA) is 49.4 Å². The number of halogens is 2. The van der Waals surface area contributed by atoms with Crippen LogP contribution in [0.4, 0.5) is 0 Å². The summed E-state index contributed by atoms with van der Waals surface area (Å²) in [5.74, 6) is -0.175. The number of rotatable bonds is 8. The Labute approximate surface area is 148 Å². The van der Waals surface area contributed by atoms with Crippen LogP contribution < -0.4 is 5.32 Å². The molecule has 4 nitrogen and oxygen atoms in total. The molecule has 6 heteroatoms. The van der Waals surface area contributed by atoms with Crippen LogP contribution in [-0.2, 0) is 16.1 Å². The molecule has 0 heterocycles. The van der Waals surface area contributed by atoms with Crippen molar-refractivity contribution in [3.05, 3.63) is 33.8 Å². The van der Waals surface area contributed by atoms with Gasteiger partial charge in [-0.25, -0.2) is 0 Å². The van der Waals surface area contributed by atoms with Crippen LogP contribution in [0.25, 0.3) is 0 Å². The Morgan fingerprint density at radius 2 is 1.87 bits per heavy atom. The van der Waals surface area contributed by atoms with Gasteiger partial charge in [0.2, 0.25) is 11.8 Å². The molecule has 0 fully saturated rings. The maximum absolute atomic E-state index is 12.4. The SMILES string of the molecule is CCCNC(=O)[C@@H](CC)N(Cc1ccc(Cl)c(Cl)c1)C(=O)CC. The highest BCUT2D eigenvalue weighted by Gasteiger charge is 2.27. The number of carbonyl (C=O) groups is 2. The Morgan fingerprint density at radius 1 is 1.17 bits per heavy atom. The molecule has 2 amide bonds. The van der Waals surface area contributed by atoms with Gasteiger partial charge in [0.15, 0.2) is 0 Å². The van der Waals surface area contributed by atoms with Gasteiger partial charge in [-0.2, -0.15) is 0 Å². The molecular formula is C17H24Cl2N2O2. The molecule has 0 bridgehead atoms. The summed E-state index contributed by atoms with van der Waals surface area (Å²) in [5.41, 5.74) is 0.850. The van der Waals surface area contributed by atoms with Gasteiger partial charge < -0.3 is 10.2 Å². The molecule has 0 radical (unpaired) electrons. The van der Waals surface area contributed by atoms with Crippen LogP contribution in [0.2, 0.25) is 10.0 Å². The van der Waals surface area contributed by atoms with Crippen LogP contribution in [0.5, 0.6) is 0 Å². The average Bonchev–Trinajstić information content (AvgIpc) is 2.55. The molecule has 0 aliphatic carbocycles. The molecule has 0 spiro atoms. The first-order valence-corrected chi connectivity index (χ1v) is 8.71. The second-order valence-electron chi connectivity index (χ2n) is 5.34. The third kappa shape index (κ3) is 5.70. The fourth-order valence-corrected chi connectivity index (χ4v) is 2.64. The minimum Gasteiger partial charge on any atom is -0.354 e. The lowest BCUT2D eigenvalue weighted by atomic mass is 10.1. The van der Waals surface area contributed by atoms with E-state index in [9.17, 15) is 9.59 Å². The van der Waals surface area contributed by atoms with Crippen LogP contribution >= 0.6 is 23.2 Å². The predicted octanol–water partition coefficient (Wildman–Crippen LogP) is 4.04. The molecule has 0 aliphatic heterocycles. The highest BCUT2D eigenvalue weighted by atomic mass is 35.5. The van der Waals surface area contributed by atoms with Crippen LogP contribution in [0.3, 0.4) is 0 Å². The second-order valence-corrected chi connectivity index (χ2v) is 6.15. The summed E-state index contributed by atoms with van der Waals surface area (Å²) >= 11 is 12.0. The average molecular weight is 359 g/mol. The zero-order valence-corrected chi connectivity index (χ0v) is 15.4. The Bertz CT molecular complexity index is 549. The largest absolute Gasteiger partial charge is 0.354 e. The zero-order valence-electron chi connectivity index (χ0n) is 13.9. The summed E-state index contributed by atoms with van der Waals surface area (Å²) in [6.45, 7) is 6.63. The van der Waals surface area contributed by atoms with E-state index in [0.29, 0.717) is 36.0 Å². The van der Waals surface area contributed by atoms with Crippen LogP contribution in [0.15, 0.2) is 18.2 Å². The predicted molar refractivity (Wildman–Crippen MR) is 94.7 cm³/mol. The van der Waals surface area contributed by atoms with E-state index < -0.39 is 6.04 Å². The third-order valence-corrected chi connectivity index (χ3v) is 4.31. The molecule has 1 aromatic carbocycles. The summed E-state index contributed by atoms with van der Waals surface area (Å²) in [6.07, 6.45) is 1.76. The summed E-state index contributed by atoms with van der Waals surface area (Å²) in [4.78, 5) is 26.3. The maximum Gasteiger partial charge on any atom is 0.242 e. The van der Waals surface area contributed by atoms with Crippen molar-refractivity contribution in [2.24, 2.45) is 0 Å². The van der Waals surface area contributed by atoms with Crippen LogP contribution in [-0.4, -0.2) is 29.3 Å². The van der Waals surface area contributed by atoms with E-state index in [1.54, 1.807) is 24.0 Å². The molecule has 0 saturated carbocycles. The van der Waals surface area contributed by atoms with Crippen molar-refractivity contribution in [3.63, 3.8) is 0 Å². The van der Waals surface area contributed by atoms with Crippen molar-refractivity contribution in [2.45, 2.75) is 52.6 Å². The molecule has 23 heavy (non-hydrogen) atoms. The Hall–Kier alpha value is -1.26. The number of hydrogen-bond acceptors (Lipinski definition) is 2. The van der Waals surface area contributed by atoms with E-state index in [0.717, 1.165) is 12.0 Å². The number of carbonyl (C=O) groups excluding carboxylic acids is 2. The number of nitrogens with zero attached hydrogens (tertiary/aromatic N) is 1. The number of nitrogens with one attached hydrogen (secondary N) is 1. The van der Waals surface area contributed by atoms with Gasteiger partial charge in [-0.15, -0.1) is 0 Å². The highest BCUT2D eigenvalue weighted by molar-refractivity contribution is 6.42. The van der Waals surface area contributed by atoms with E-state index in [2.05, 4.69) is 5.32 Å². The first-order chi connectivity index (χ1) is 10.9. The number of hydrogen-bond donors (Lipinski definition) is 1. The molecule has 0 saturated heterocycles. The maximum atomic E-state index is 12.4. The van der Waals surface area contributed by atoms with Gasteiger partial charge >= 0.3 is 0 Å². The fraction of sp³-hybridized carbons (Fsp3) is 0.529. The van der Waals surface area contributed by atoms with Gasteiger partial charge in [-0.3, -0.25) is 9.59 Å². The Balaban J connectivity index is 2.99. The van der Waals surface area contributed by atoms with Crippen molar-refractivity contribution < 1.29 is 9.59 Å². The lowest BCUT2D eigenvalue weighted by Gasteiger charge is -2.30. The van der Waals surface area contributed by atoms with Crippen LogP contribution in [0.1, 0.15) is 45.6 Å². The molecule has 128 valence electrons. The summed E-state index contributed by atoms with van der Waals surface area (Å²) in [5, 5.41) is 3.78. The smallest absolute Gasteiger partial charge is 0.242 e. The quantitative estimate of drug-likeness (QED) is 0.762. The van der Waals surface area contributed by atoms with Crippen molar-refractivity contribution in [2.75, 3.05) is 6.54 Å². The molecule has 1 N–H and O–H groups in total. The van der Waals surface area contributed by atoms with Gasteiger partial charge in [0, 0.05) is 19.5 Å². The summed E-state index contributed by atoms with van der Waals surface area (Å²) in [6, 6.07) is 4.77. The van der Waals surface area contributed by atoms with Crippen molar-refractivity contribution >= 4 is 35.0 Å². The van der Waals surface area contributed by atoms with Gasteiger partial charge in [-0.1, -0.05) is 50.0 Å². The monoisotopic (exact) mass is 358 g/mol. The first-order valence-electron chi connectivity index (χ1n) is 7.95. The Kier molecular flexibility index (Phi) is 8.42. The van der Waals surface area contributed by atoms with E-state index >= 15 is 0 Å². The number of amides is 2. The zero-order chi connectivity index (χ0) is 17.4. The number of benzene rings is 1. The lowest BCUT2D eigenvalue weighted by Crippen LogP contribution is -2.49. The molecule has 1 atom stereocenters. The van der Waals surface area contributed by atoms with Crippen molar-refractivity contribution in [1.29, 1.82) is 0 Å². The van der Waals surface area contributed by atoms with Crippen molar-refractivity contribution in [1.82, 2.24) is 10.2 Å². The highest BCUT2D eigenvalue weighted by Crippen LogP contribution is 2.24. The van der Waals surface area contributed by atoms with Crippen molar-refractivity contribution in [3.8, 4) is 0 Å². The van der Waals surface area contributed by atoms with Crippen LogP contribution in [0, 0.1) is 0 Å². The van der Waals surface area contributed by atoms with E-state index in [-0.39, 0.29) is 11.8 Å². The molecule has 1 rings (SSSR count).